The van der Waals surface area contributed by atoms with E-state index in [4.69, 9.17) is 19.7 Å². The van der Waals surface area contributed by atoms with Crippen LogP contribution in [0.2, 0.25) is 0 Å². The predicted octanol–water partition coefficient (Wildman–Crippen LogP) is 0.496. The summed E-state index contributed by atoms with van der Waals surface area (Å²) in [7, 11) is 1.55. The SMILES string of the molecule is COCOc1ccc(/C=C/C(=O)N(CCO)CCO)cc1. The molecule has 0 atom stereocenters. The number of aliphatic hydroxyl groups is 2. The zero-order valence-corrected chi connectivity index (χ0v) is 12.1. The van der Waals surface area contributed by atoms with E-state index in [0.717, 1.165) is 5.56 Å². The van der Waals surface area contributed by atoms with Crippen LogP contribution in [0.3, 0.4) is 0 Å². The summed E-state index contributed by atoms with van der Waals surface area (Å²) < 4.78 is 10.1. The van der Waals surface area contributed by atoms with E-state index in [9.17, 15) is 4.79 Å². The van der Waals surface area contributed by atoms with E-state index in [0.29, 0.717) is 5.75 Å². The van der Waals surface area contributed by atoms with Crippen LogP contribution in [0.25, 0.3) is 6.08 Å². The van der Waals surface area contributed by atoms with Crippen LogP contribution >= 0.6 is 0 Å². The van der Waals surface area contributed by atoms with Crippen LogP contribution in [0.1, 0.15) is 5.56 Å². The first kappa shape index (κ1) is 17.2. The van der Waals surface area contributed by atoms with Gasteiger partial charge in [0.1, 0.15) is 5.75 Å². The zero-order chi connectivity index (χ0) is 15.5. The van der Waals surface area contributed by atoms with Crippen LogP contribution in [0, 0.1) is 0 Å². The van der Waals surface area contributed by atoms with E-state index >= 15 is 0 Å². The second-order valence-corrected chi connectivity index (χ2v) is 4.23. The number of amides is 1. The van der Waals surface area contributed by atoms with Crippen molar-refractivity contribution in [3.8, 4) is 5.75 Å². The van der Waals surface area contributed by atoms with Gasteiger partial charge in [-0.1, -0.05) is 12.1 Å². The Labute approximate surface area is 124 Å². The van der Waals surface area contributed by atoms with Gasteiger partial charge in [0.2, 0.25) is 5.91 Å². The average Bonchev–Trinajstić information content (AvgIpc) is 2.51. The molecule has 21 heavy (non-hydrogen) atoms. The molecule has 1 amide bonds. The number of carbonyl (C=O) groups is 1. The Morgan fingerprint density at radius 3 is 2.33 bits per heavy atom. The van der Waals surface area contributed by atoms with Gasteiger partial charge in [0.25, 0.3) is 0 Å². The molecular weight excluding hydrogens is 274 g/mol. The Morgan fingerprint density at radius 1 is 1.19 bits per heavy atom. The number of hydrogen-bond donors (Lipinski definition) is 2. The third-order valence-corrected chi connectivity index (χ3v) is 2.69. The molecule has 0 aliphatic heterocycles. The lowest BCUT2D eigenvalue weighted by Crippen LogP contribution is -2.34. The first-order chi connectivity index (χ1) is 10.2. The molecule has 1 rings (SSSR count). The Hall–Kier alpha value is -1.89. The highest BCUT2D eigenvalue weighted by Gasteiger charge is 2.08. The van der Waals surface area contributed by atoms with Gasteiger partial charge >= 0.3 is 0 Å². The molecule has 116 valence electrons. The third kappa shape index (κ3) is 6.40. The molecule has 0 aliphatic carbocycles. The Kier molecular flexibility index (Phi) is 8.11. The monoisotopic (exact) mass is 295 g/mol. The van der Waals surface area contributed by atoms with Crippen LogP contribution < -0.4 is 4.74 Å². The maximum atomic E-state index is 11.9. The van der Waals surface area contributed by atoms with Crippen molar-refractivity contribution < 1.29 is 24.5 Å². The average molecular weight is 295 g/mol. The molecular formula is C15H21NO5. The second-order valence-electron chi connectivity index (χ2n) is 4.23. The van der Waals surface area contributed by atoms with Crippen LogP contribution in [-0.4, -0.2) is 61.2 Å². The minimum atomic E-state index is -0.252. The van der Waals surface area contributed by atoms with Crippen molar-refractivity contribution in [3.63, 3.8) is 0 Å². The summed E-state index contributed by atoms with van der Waals surface area (Å²) in [6.07, 6.45) is 3.08. The molecule has 0 aliphatic rings. The van der Waals surface area contributed by atoms with E-state index < -0.39 is 0 Å². The highest BCUT2D eigenvalue weighted by atomic mass is 16.7. The summed E-state index contributed by atoms with van der Waals surface area (Å²) in [5.41, 5.74) is 0.848. The van der Waals surface area contributed by atoms with E-state index in [2.05, 4.69) is 0 Å². The van der Waals surface area contributed by atoms with E-state index in [-0.39, 0.29) is 39.0 Å². The van der Waals surface area contributed by atoms with Gasteiger partial charge < -0.3 is 24.6 Å². The van der Waals surface area contributed by atoms with Crippen molar-refractivity contribution >= 4 is 12.0 Å². The van der Waals surface area contributed by atoms with Crippen molar-refractivity contribution in [1.82, 2.24) is 4.90 Å². The summed E-state index contributed by atoms with van der Waals surface area (Å²) in [6.45, 7) is 0.322. The largest absolute Gasteiger partial charge is 0.468 e. The number of aliphatic hydroxyl groups excluding tert-OH is 2. The summed E-state index contributed by atoms with van der Waals surface area (Å²) >= 11 is 0. The number of rotatable bonds is 9. The second kappa shape index (κ2) is 9.93. The van der Waals surface area contributed by atoms with Crippen LogP contribution in [0.5, 0.6) is 5.75 Å². The van der Waals surface area contributed by atoms with Crippen LogP contribution in [0.4, 0.5) is 0 Å². The van der Waals surface area contributed by atoms with Gasteiger partial charge in [0.15, 0.2) is 6.79 Å². The van der Waals surface area contributed by atoms with Gasteiger partial charge in [-0.3, -0.25) is 4.79 Å². The standard InChI is InChI=1S/C15H21NO5/c1-20-12-21-14-5-2-13(3-6-14)4-7-15(19)16(8-10-17)9-11-18/h2-7,17-18H,8-12H2,1H3/b7-4+. The molecule has 1 aromatic rings. The third-order valence-electron chi connectivity index (χ3n) is 2.69. The number of nitrogens with zero attached hydrogens (tertiary/aromatic N) is 1. The summed E-state index contributed by atoms with van der Waals surface area (Å²) in [6, 6.07) is 7.19. The molecule has 0 heterocycles. The van der Waals surface area contributed by atoms with Crippen molar-refractivity contribution in [2.75, 3.05) is 40.2 Å². The molecule has 2 N–H and O–H groups in total. The minimum absolute atomic E-state index is 0.134. The first-order valence-electron chi connectivity index (χ1n) is 6.61. The molecule has 0 bridgehead atoms. The molecule has 0 saturated heterocycles. The maximum absolute atomic E-state index is 11.9. The number of hydrogen-bond acceptors (Lipinski definition) is 5. The fourth-order valence-electron chi connectivity index (χ4n) is 1.65. The molecule has 6 heteroatoms. The number of methoxy groups -OCH3 is 1. The van der Waals surface area contributed by atoms with Gasteiger partial charge in [-0.05, 0) is 23.8 Å². The van der Waals surface area contributed by atoms with Gasteiger partial charge in [-0.2, -0.15) is 0 Å². The quantitative estimate of drug-likeness (QED) is 0.512. The van der Waals surface area contributed by atoms with E-state index in [1.165, 1.54) is 11.0 Å². The van der Waals surface area contributed by atoms with Crippen molar-refractivity contribution in [1.29, 1.82) is 0 Å². The molecule has 0 fully saturated rings. The maximum Gasteiger partial charge on any atom is 0.246 e. The smallest absolute Gasteiger partial charge is 0.246 e. The molecule has 6 nitrogen and oxygen atoms in total. The minimum Gasteiger partial charge on any atom is -0.468 e. The molecule has 1 aromatic carbocycles. The Morgan fingerprint density at radius 2 is 1.81 bits per heavy atom. The number of benzene rings is 1. The highest BCUT2D eigenvalue weighted by Crippen LogP contribution is 2.13. The molecule has 0 saturated carbocycles. The fraction of sp³-hybridized carbons (Fsp3) is 0.400. The van der Waals surface area contributed by atoms with Gasteiger partial charge in [0, 0.05) is 26.3 Å². The first-order valence-corrected chi connectivity index (χ1v) is 6.61. The normalized spacial score (nSPS) is 10.8. The van der Waals surface area contributed by atoms with Crippen LogP contribution in [-0.2, 0) is 9.53 Å². The summed E-state index contributed by atoms with van der Waals surface area (Å²) in [4.78, 5) is 13.3. The summed E-state index contributed by atoms with van der Waals surface area (Å²) in [5, 5.41) is 17.8. The molecule has 0 unspecified atom stereocenters. The van der Waals surface area contributed by atoms with Crippen molar-refractivity contribution in [2.45, 2.75) is 0 Å². The number of carbonyl (C=O) groups excluding carboxylic acids is 1. The highest BCUT2D eigenvalue weighted by molar-refractivity contribution is 5.91. The van der Waals surface area contributed by atoms with Gasteiger partial charge in [-0.25, -0.2) is 0 Å². The van der Waals surface area contributed by atoms with Crippen molar-refractivity contribution in [2.24, 2.45) is 0 Å². The fourth-order valence-corrected chi connectivity index (χ4v) is 1.65. The lowest BCUT2D eigenvalue weighted by atomic mass is 10.2. The lowest BCUT2D eigenvalue weighted by molar-refractivity contribution is -0.126. The molecule has 0 spiro atoms. The van der Waals surface area contributed by atoms with E-state index in [1.807, 2.05) is 12.1 Å². The van der Waals surface area contributed by atoms with Crippen molar-refractivity contribution in [3.05, 3.63) is 35.9 Å². The predicted molar refractivity (Wildman–Crippen MR) is 78.7 cm³/mol. The summed E-state index contributed by atoms with van der Waals surface area (Å²) in [5.74, 6) is 0.431. The Bertz CT molecular complexity index is 438. The van der Waals surface area contributed by atoms with E-state index in [1.54, 1.807) is 25.3 Å². The topological polar surface area (TPSA) is 79.2 Å². The zero-order valence-electron chi connectivity index (χ0n) is 12.1. The van der Waals surface area contributed by atoms with Gasteiger partial charge in [-0.15, -0.1) is 0 Å². The molecule has 0 aromatic heterocycles. The number of ether oxygens (including phenoxy) is 2. The Balaban J connectivity index is 2.59. The molecule has 0 radical (unpaired) electrons. The van der Waals surface area contributed by atoms with Gasteiger partial charge in [0.05, 0.1) is 13.2 Å². The lowest BCUT2D eigenvalue weighted by Gasteiger charge is -2.18. The van der Waals surface area contributed by atoms with Crippen LogP contribution in [0.15, 0.2) is 30.3 Å².